The molecule has 1 atom stereocenters. The Labute approximate surface area is 271 Å². The molecular weight excluding hydrogens is 602 g/mol. The van der Waals surface area contributed by atoms with Crippen molar-refractivity contribution in [1.82, 2.24) is 14.5 Å². The van der Waals surface area contributed by atoms with Gasteiger partial charge < -0.3 is 15.2 Å². The summed E-state index contributed by atoms with van der Waals surface area (Å²) in [5, 5.41) is 15.0. The smallest absolute Gasteiger partial charge is 0.261 e. The van der Waals surface area contributed by atoms with Crippen LogP contribution in [-0.4, -0.2) is 37.9 Å². The number of rotatable bonds is 9. The van der Waals surface area contributed by atoms with Gasteiger partial charge in [-0.1, -0.05) is 48.0 Å². The van der Waals surface area contributed by atoms with E-state index in [-0.39, 0.29) is 17.9 Å². The van der Waals surface area contributed by atoms with Gasteiger partial charge in [0.2, 0.25) is 5.91 Å². The first-order valence-electron chi connectivity index (χ1n) is 15.1. The summed E-state index contributed by atoms with van der Waals surface area (Å²) in [6.45, 7) is 4.46. The van der Waals surface area contributed by atoms with E-state index in [0.29, 0.717) is 70.5 Å². The number of anilines is 1. The number of allylic oxidation sites excluding steroid dienone is 4. The van der Waals surface area contributed by atoms with Crippen molar-refractivity contribution in [2.24, 2.45) is 4.99 Å². The van der Waals surface area contributed by atoms with Crippen LogP contribution in [0.4, 0.5) is 11.4 Å². The Balaban J connectivity index is 1.04. The second kappa shape index (κ2) is 13.6. The molecule has 0 saturated heterocycles. The molecule has 46 heavy (non-hydrogen) atoms. The predicted molar refractivity (Wildman–Crippen MR) is 181 cm³/mol. The molecule has 2 N–H and O–H groups in total. The van der Waals surface area contributed by atoms with Gasteiger partial charge in [0.15, 0.2) is 6.23 Å². The molecule has 6 rings (SSSR count). The van der Waals surface area contributed by atoms with Crippen molar-refractivity contribution in [3.63, 3.8) is 0 Å². The fourth-order valence-electron chi connectivity index (χ4n) is 5.59. The van der Waals surface area contributed by atoms with Gasteiger partial charge in [-0.05, 0) is 80.5 Å². The minimum Gasteiger partial charge on any atom is -0.498 e. The second-order valence-electron chi connectivity index (χ2n) is 11.2. The highest BCUT2D eigenvalue weighted by molar-refractivity contribution is 6.30. The molecule has 0 spiro atoms. The maximum atomic E-state index is 13.3. The van der Waals surface area contributed by atoms with Crippen LogP contribution in [-0.2, 0) is 16.1 Å². The van der Waals surface area contributed by atoms with Crippen molar-refractivity contribution < 1.29 is 14.6 Å². The molecule has 1 unspecified atom stereocenters. The number of hydrogen-bond acceptors (Lipinski definition) is 7. The van der Waals surface area contributed by atoms with Gasteiger partial charge in [0.05, 0.1) is 35.5 Å². The number of hydrogen-bond donors (Lipinski definition) is 2. The molecule has 0 saturated carbocycles. The fraction of sp³-hybridized carbons (Fsp3) is 0.222. The number of carbonyl (C=O) groups excluding carboxylic acids is 1. The quantitative estimate of drug-likeness (QED) is 0.193. The third-order valence-corrected chi connectivity index (χ3v) is 8.15. The largest absolute Gasteiger partial charge is 0.498 e. The summed E-state index contributed by atoms with van der Waals surface area (Å²) in [5.74, 6) is 1.88. The van der Waals surface area contributed by atoms with Crippen molar-refractivity contribution in [2.45, 2.75) is 45.9 Å². The van der Waals surface area contributed by atoms with Crippen LogP contribution in [0.25, 0.3) is 10.9 Å². The summed E-state index contributed by atoms with van der Waals surface area (Å²) in [7, 11) is 0. The van der Waals surface area contributed by atoms with E-state index in [1.807, 2.05) is 68.5 Å². The third kappa shape index (κ3) is 6.80. The number of nitrogens with one attached hydrogen (secondary N) is 1. The van der Waals surface area contributed by atoms with E-state index >= 15 is 0 Å². The Kier molecular flexibility index (Phi) is 9.14. The van der Waals surface area contributed by atoms with E-state index in [1.54, 1.807) is 45.9 Å². The number of ether oxygens (including phenoxy) is 1. The van der Waals surface area contributed by atoms with Crippen LogP contribution < -0.4 is 10.9 Å². The Morgan fingerprint density at radius 1 is 1.09 bits per heavy atom. The molecule has 2 heterocycles. The van der Waals surface area contributed by atoms with Gasteiger partial charge in [0.25, 0.3) is 5.56 Å². The van der Waals surface area contributed by atoms with E-state index in [4.69, 9.17) is 16.3 Å². The summed E-state index contributed by atoms with van der Waals surface area (Å²) in [5.41, 5.74) is 4.11. The third-order valence-electron chi connectivity index (χ3n) is 7.92. The number of nitrogens with zero attached hydrogens (tertiary/aromatic N) is 4. The van der Waals surface area contributed by atoms with Gasteiger partial charge in [0, 0.05) is 34.8 Å². The molecule has 234 valence electrons. The molecule has 1 aromatic heterocycles. The molecule has 0 bridgehead atoms. The zero-order valence-corrected chi connectivity index (χ0v) is 26.4. The van der Waals surface area contributed by atoms with Gasteiger partial charge in [-0.2, -0.15) is 0 Å². The summed E-state index contributed by atoms with van der Waals surface area (Å²) >= 11 is 6.16. The number of carbonyl (C=O) groups is 1. The number of amides is 1. The number of fused-ring (bicyclic) bond motifs is 2. The van der Waals surface area contributed by atoms with Crippen molar-refractivity contribution in [3.05, 3.63) is 135 Å². The Morgan fingerprint density at radius 2 is 1.91 bits per heavy atom. The van der Waals surface area contributed by atoms with E-state index in [0.717, 1.165) is 17.0 Å². The van der Waals surface area contributed by atoms with Crippen LogP contribution in [0, 0.1) is 6.92 Å². The zero-order chi connectivity index (χ0) is 32.2. The van der Waals surface area contributed by atoms with E-state index in [9.17, 15) is 14.7 Å². The predicted octanol–water partition coefficient (Wildman–Crippen LogP) is 6.93. The van der Waals surface area contributed by atoms with Crippen LogP contribution >= 0.6 is 11.6 Å². The highest BCUT2D eigenvalue weighted by Gasteiger charge is 2.28. The second-order valence-corrected chi connectivity index (χ2v) is 11.6. The number of benzene rings is 3. The maximum Gasteiger partial charge on any atom is 0.261 e. The summed E-state index contributed by atoms with van der Waals surface area (Å²) in [6, 6.07) is 20.3. The normalized spacial score (nSPS) is 15.9. The monoisotopic (exact) mass is 635 g/mol. The van der Waals surface area contributed by atoms with Crippen LogP contribution in [0.1, 0.15) is 49.4 Å². The number of aliphatic hydroxyl groups is 1. The first kappa shape index (κ1) is 31.0. The lowest BCUT2D eigenvalue weighted by molar-refractivity contribution is -0.116. The van der Waals surface area contributed by atoms with Crippen molar-refractivity contribution >= 4 is 45.6 Å². The first-order chi connectivity index (χ1) is 22.3. The summed E-state index contributed by atoms with van der Waals surface area (Å²) in [4.78, 5) is 37.1. The molecule has 10 heteroatoms. The number of aliphatic hydroxyl groups excluding tert-OH is 1. The molecule has 0 fully saturated rings. The Bertz CT molecular complexity index is 1980. The van der Waals surface area contributed by atoms with Gasteiger partial charge in [-0.3, -0.25) is 19.1 Å². The number of aryl methyl sites for hydroxylation is 1. The highest BCUT2D eigenvalue weighted by atomic mass is 35.5. The van der Waals surface area contributed by atoms with Crippen LogP contribution in [0.5, 0.6) is 0 Å². The van der Waals surface area contributed by atoms with Crippen molar-refractivity contribution in [2.75, 3.05) is 11.9 Å². The first-order valence-corrected chi connectivity index (χ1v) is 15.5. The van der Waals surface area contributed by atoms with Crippen molar-refractivity contribution in [1.29, 1.82) is 0 Å². The molecular formula is C36H34ClN5O4. The van der Waals surface area contributed by atoms with Crippen LogP contribution in [0.3, 0.4) is 0 Å². The molecule has 4 aromatic rings. The highest BCUT2D eigenvalue weighted by Crippen LogP contribution is 2.37. The summed E-state index contributed by atoms with van der Waals surface area (Å²) in [6.07, 6.45) is 8.06. The van der Waals surface area contributed by atoms with Crippen LogP contribution in [0.2, 0.25) is 5.02 Å². The molecule has 1 aliphatic carbocycles. The average Bonchev–Trinajstić information content (AvgIpc) is 3.28. The van der Waals surface area contributed by atoms with Gasteiger partial charge in [-0.15, -0.1) is 0 Å². The minimum absolute atomic E-state index is 0.148. The number of aromatic nitrogens is 2. The van der Waals surface area contributed by atoms with E-state index < -0.39 is 6.23 Å². The maximum absolute atomic E-state index is 13.3. The van der Waals surface area contributed by atoms with Gasteiger partial charge in [0.1, 0.15) is 11.7 Å². The minimum atomic E-state index is -0.921. The number of amidine groups is 1. The lowest BCUT2D eigenvalue weighted by Crippen LogP contribution is -2.34. The zero-order valence-electron chi connectivity index (χ0n) is 25.6. The number of halogens is 1. The summed E-state index contributed by atoms with van der Waals surface area (Å²) < 4.78 is 7.62. The van der Waals surface area contributed by atoms with E-state index in [1.165, 1.54) is 0 Å². The molecule has 2 aliphatic rings. The SMILES string of the molecule is CC1=Nc2ccc(Cl)cc2C(O)N1C1=CC=C(OCCCC(=O)Nc2ccc3nc(C)n(Cc4ccccc4)c(=O)c3c2)CC=C1. The molecule has 1 amide bonds. The number of aliphatic imine (C=N–C) groups is 1. The topological polar surface area (TPSA) is 109 Å². The lowest BCUT2D eigenvalue weighted by Gasteiger charge is -2.34. The van der Waals surface area contributed by atoms with Gasteiger partial charge in [-0.25, -0.2) is 9.98 Å². The van der Waals surface area contributed by atoms with Gasteiger partial charge >= 0.3 is 0 Å². The van der Waals surface area contributed by atoms with Crippen LogP contribution in [0.15, 0.2) is 112 Å². The Hall–Kier alpha value is -4.99. The molecule has 1 aliphatic heterocycles. The Morgan fingerprint density at radius 3 is 2.74 bits per heavy atom. The lowest BCUT2D eigenvalue weighted by atomic mass is 10.1. The van der Waals surface area contributed by atoms with E-state index in [2.05, 4.69) is 15.3 Å². The molecule has 0 radical (unpaired) electrons. The average molecular weight is 636 g/mol. The molecule has 3 aromatic carbocycles. The fourth-order valence-corrected chi connectivity index (χ4v) is 5.77. The van der Waals surface area contributed by atoms with Crippen molar-refractivity contribution in [3.8, 4) is 0 Å². The molecule has 9 nitrogen and oxygen atoms in total. The standard InChI is InChI=1S/C36H34ClN5O4/c1-23-38-33-18-14-27(21-31(33)35(44)41(23)22-25-8-4-3-5-9-25)40-34(43)12-7-19-46-29-11-6-10-28(15-16-29)42-24(2)39-32-17-13-26(37)20-30(32)36(42)45/h3-6,8-10,13-18,20-21,36,45H,7,11-12,19,22H2,1-2H3,(H,40,43).